The number of hydrogen-bond donors (Lipinski definition) is 0. The molecule has 3 nitrogen and oxygen atoms in total. The summed E-state index contributed by atoms with van der Waals surface area (Å²) in [5, 5.41) is 0. The molecule has 0 radical (unpaired) electrons. The molecular formula is C11H12N2O. The molecule has 0 spiro atoms. The molecule has 0 fully saturated rings. The smallest absolute Gasteiger partial charge is 0.195 e. The van der Waals surface area contributed by atoms with Crippen molar-refractivity contribution >= 4 is 0 Å². The van der Waals surface area contributed by atoms with E-state index in [0.29, 0.717) is 5.82 Å². The fourth-order valence-electron chi connectivity index (χ4n) is 1.32. The van der Waals surface area contributed by atoms with Crippen LogP contribution in [0.1, 0.15) is 19.0 Å². The van der Waals surface area contributed by atoms with Crippen molar-refractivity contribution in [3.05, 3.63) is 36.4 Å². The molecule has 72 valence electrons. The molecule has 2 heterocycles. The molecule has 2 aromatic heterocycles. The molecular weight excluding hydrogens is 176 g/mol. The minimum absolute atomic E-state index is 0.668. The van der Waals surface area contributed by atoms with Gasteiger partial charge in [0.1, 0.15) is 0 Å². The standard InChI is InChI=1S/C11H12N2O/c1-2-4-9-6-7-12-11(13-9)10-5-3-8-14-10/h3,5-8H,2,4H2,1H3. The summed E-state index contributed by atoms with van der Waals surface area (Å²) < 4.78 is 5.23. The highest BCUT2D eigenvalue weighted by molar-refractivity contribution is 5.45. The maximum absolute atomic E-state index is 5.23. The Balaban J connectivity index is 2.31. The third kappa shape index (κ3) is 1.82. The summed E-state index contributed by atoms with van der Waals surface area (Å²) in [6.45, 7) is 2.13. The van der Waals surface area contributed by atoms with E-state index >= 15 is 0 Å². The fraction of sp³-hybridized carbons (Fsp3) is 0.273. The molecule has 14 heavy (non-hydrogen) atoms. The molecule has 0 aliphatic rings. The van der Waals surface area contributed by atoms with E-state index in [1.54, 1.807) is 12.5 Å². The van der Waals surface area contributed by atoms with Gasteiger partial charge in [-0.2, -0.15) is 0 Å². The van der Waals surface area contributed by atoms with Gasteiger partial charge in [-0.1, -0.05) is 13.3 Å². The van der Waals surface area contributed by atoms with Crippen LogP contribution in [-0.4, -0.2) is 9.97 Å². The van der Waals surface area contributed by atoms with Crippen molar-refractivity contribution in [3.8, 4) is 11.6 Å². The summed E-state index contributed by atoms with van der Waals surface area (Å²) >= 11 is 0. The van der Waals surface area contributed by atoms with E-state index in [4.69, 9.17) is 4.42 Å². The van der Waals surface area contributed by atoms with Gasteiger partial charge >= 0.3 is 0 Å². The monoisotopic (exact) mass is 188 g/mol. The second kappa shape index (κ2) is 4.05. The van der Waals surface area contributed by atoms with E-state index < -0.39 is 0 Å². The Hall–Kier alpha value is -1.64. The Morgan fingerprint density at radius 1 is 1.36 bits per heavy atom. The molecule has 0 unspecified atom stereocenters. The van der Waals surface area contributed by atoms with Gasteiger partial charge in [-0.05, 0) is 24.6 Å². The Morgan fingerprint density at radius 3 is 3.00 bits per heavy atom. The van der Waals surface area contributed by atoms with Gasteiger partial charge in [0.25, 0.3) is 0 Å². The number of hydrogen-bond acceptors (Lipinski definition) is 3. The van der Waals surface area contributed by atoms with Gasteiger partial charge in [0.2, 0.25) is 0 Å². The van der Waals surface area contributed by atoms with Gasteiger partial charge in [-0.25, -0.2) is 9.97 Å². The normalized spacial score (nSPS) is 10.4. The van der Waals surface area contributed by atoms with E-state index in [-0.39, 0.29) is 0 Å². The molecule has 0 saturated carbocycles. The second-order valence-corrected chi connectivity index (χ2v) is 3.10. The number of aryl methyl sites for hydroxylation is 1. The van der Waals surface area contributed by atoms with Crippen LogP contribution in [0.3, 0.4) is 0 Å². The zero-order valence-electron chi connectivity index (χ0n) is 8.10. The molecule has 0 saturated heterocycles. The van der Waals surface area contributed by atoms with Gasteiger partial charge in [0.15, 0.2) is 11.6 Å². The van der Waals surface area contributed by atoms with Crippen molar-refractivity contribution in [1.29, 1.82) is 0 Å². The summed E-state index contributed by atoms with van der Waals surface area (Å²) in [6, 6.07) is 5.65. The lowest BCUT2D eigenvalue weighted by molar-refractivity contribution is 0.576. The van der Waals surface area contributed by atoms with E-state index in [9.17, 15) is 0 Å². The number of furan rings is 1. The number of nitrogens with zero attached hydrogens (tertiary/aromatic N) is 2. The largest absolute Gasteiger partial charge is 0.461 e. The van der Waals surface area contributed by atoms with Crippen LogP contribution in [0.25, 0.3) is 11.6 Å². The number of rotatable bonds is 3. The molecule has 2 rings (SSSR count). The van der Waals surface area contributed by atoms with E-state index in [2.05, 4.69) is 16.9 Å². The highest BCUT2D eigenvalue weighted by atomic mass is 16.3. The molecule has 0 N–H and O–H groups in total. The molecule has 3 heteroatoms. The third-order valence-electron chi connectivity index (χ3n) is 1.96. The van der Waals surface area contributed by atoms with Crippen molar-refractivity contribution in [2.24, 2.45) is 0 Å². The zero-order valence-corrected chi connectivity index (χ0v) is 8.10. The Morgan fingerprint density at radius 2 is 2.29 bits per heavy atom. The van der Waals surface area contributed by atoms with Crippen molar-refractivity contribution in [1.82, 2.24) is 9.97 Å². The molecule has 0 bridgehead atoms. The van der Waals surface area contributed by atoms with Crippen LogP contribution in [-0.2, 0) is 6.42 Å². The lowest BCUT2D eigenvalue weighted by Gasteiger charge is -1.99. The van der Waals surface area contributed by atoms with E-state index in [1.807, 2.05) is 18.2 Å². The maximum Gasteiger partial charge on any atom is 0.195 e. The predicted molar refractivity (Wildman–Crippen MR) is 53.7 cm³/mol. The minimum atomic E-state index is 0.668. The van der Waals surface area contributed by atoms with Gasteiger partial charge < -0.3 is 4.42 Å². The average Bonchev–Trinajstić information content (AvgIpc) is 2.71. The molecule has 0 aromatic carbocycles. The van der Waals surface area contributed by atoms with Crippen LogP contribution in [0.5, 0.6) is 0 Å². The van der Waals surface area contributed by atoms with Crippen molar-refractivity contribution in [3.63, 3.8) is 0 Å². The van der Waals surface area contributed by atoms with Crippen LogP contribution in [0.2, 0.25) is 0 Å². The lowest BCUT2D eigenvalue weighted by Crippen LogP contribution is -1.93. The van der Waals surface area contributed by atoms with Crippen molar-refractivity contribution < 1.29 is 4.42 Å². The lowest BCUT2D eigenvalue weighted by atomic mass is 10.2. The summed E-state index contributed by atoms with van der Waals surface area (Å²) in [7, 11) is 0. The average molecular weight is 188 g/mol. The van der Waals surface area contributed by atoms with Gasteiger partial charge in [-0.15, -0.1) is 0 Å². The molecule has 2 aromatic rings. The van der Waals surface area contributed by atoms with Crippen LogP contribution in [0.15, 0.2) is 35.1 Å². The number of aromatic nitrogens is 2. The maximum atomic E-state index is 5.23. The first-order valence-corrected chi connectivity index (χ1v) is 4.76. The second-order valence-electron chi connectivity index (χ2n) is 3.10. The molecule has 0 atom stereocenters. The quantitative estimate of drug-likeness (QED) is 0.743. The topological polar surface area (TPSA) is 38.9 Å². The minimum Gasteiger partial charge on any atom is -0.461 e. The first-order valence-electron chi connectivity index (χ1n) is 4.76. The van der Waals surface area contributed by atoms with Crippen LogP contribution in [0.4, 0.5) is 0 Å². The van der Waals surface area contributed by atoms with E-state index in [1.165, 1.54) is 0 Å². The first-order chi connectivity index (χ1) is 6.90. The van der Waals surface area contributed by atoms with Crippen LogP contribution in [0, 0.1) is 0 Å². The Bertz CT molecular complexity index is 395. The zero-order chi connectivity index (χ0) is 9.80. The van der Waals surface area contributed by atoms with Crippen molar-refractivity contribution in [2.75, 3.05) is 0 Å². The molecule has 0 aliphatic carbocycles. The summed E-state index contributed by atoms with van der Waals surface area (Å²) in [6.07, 6.45) is 5.48. The Kier molecular flexibility index (Phi) is 2.58. The van der Waals surface area contributed by atoms with Crippen LogP contribution < -0.4 is 0 Å². The highest BCUT2D eigenvalue weighted by Crippen LogP contribution is 2.14. The summed E-state index contributed by atoms with van der Waals surface area (Å²) in [5.41, 5.74) is 1.06. The summed E-state index contributed by atoms with van der Waals surface area (Å²) in [4.78, 5) is 8.56. The Labute approximate surface area is 82.8 Å². The van der Waals surface area contributed by atoms with Gasteiger partial charge in [0.05, 0.1) is 6.26 Å². The molecule has 0 aliphatic heterocycles. The predicted octanol–water partition coefficient (Wildman–Crippen LogP) is 2.69. The summed E-state index contributed by atoms with van der Waals surface area (Å²) in [5.74, 6) is 1.39. The highest BCUT2D eigenvalue weighted by Gasteiger charge is 2.03. The third-order valence-corrected chi connectivity index (χ3v) is 1.96. The SMILES string of the molecule is CCCc1ccnc(-c2ccco2)n1. The first kappa shape index (κ1) is 8.94. The van der Waals surface area contributed by atoms with Gasteiger partial charge in [0, 0.05) is 11.9 Å². The molecule has 0 amide bonds. The van der Waals surface area contributed by atoms with Gasteiger partial charge in [-0.3, -0.25) is 0 Å². The van der Waals surface area contributed by atoms with Crippen molar-refractivity contribution in [2.45, 2.75) is 19.8 Å². The fourth-order valence-corrected chi connectivity index (χ4v) is 1.32. The van der Waals surface area contributed by atoms with E-state index in [0.717, 1.165) is 24.3 Å². The van der Waals surface area contributed by atoms with Crippen LogP contribution >= 0.6 is 0 Å².